The molecular formula is C19H20N2O4. The fourth-order valence-electron chi connectivity index (χ4n) is 2.09. The molecule has 0 aliphatic carbocycles. The highest BCUT2D eigenvalue weighted by Crippen LogP contribution is 2.14. The predicted molar refractivity (Wildman–Crippen MR) is 95.4 cm³/mol. The van der Waals surface area contributed by atoms with Crippen LogP contribution in [0.25, 0.3) is 0 Å². The molecule has 0 saturated carbocycles. The number of ether oxygens (including phenoxy) is 1. The molecular weight excluding hydrogens is 320 g/mol. The van der Waals surface area contributed by atoms with Gasteiger partial charge in [0.1, 0.15) is 0 Å². The molecule has 0 saturated heterocycles. The summed E-state index contributed by atoms with van der Waals surface area (Å²) in [5.74, 6) is -1.30. The van der Waals surface area contributed by atoms with Crippen LogP contribution in [0.3, 0.4) is 0 Å². The number of aryl methyl sites for hydroxylation is 1. The zero-order valence-corrected chi connectivity index (χ0v) is 14.3. The Labute approximate surface area is 146 Å². The first kappa shape index (κ1) is 18.2. The Morgan fingerprint density at radius 2 is 1.64 bits per heavy atom. The standard InChI is InChI=1S/C19H20N2O4/c1-12-7-9-16(10-8-12)21-18(23)13(2)25-19(24)15-5-4-6-17(11-15)20-14(3)22/h4-11,13H,1-3H3,(H,20,22)(H,21,23). The van der Waals surface area contributed by atoms with E-state index in [2.05, 4.69) is 10.6 Å². The smallest absolute Gasteiger partial charge is 0.338 e. The molecule has 0 fully saturated rings. The quantitative estimate of drug-likeness (QED) is 0.819. The van der Waals surface area contributed by atoms with Crippen molar-refractivity contribution in [2.45, 2.75) is 26.9 Å². The first-order valence-electron chi connectivity index (χ1n) is 7.81. The average Bonchev–Trinajstić information content (AvgIpc) is 2.56. The van der Waals surface area contributed by atoms with Crippen molar-refractivity contribution in [3.8, 4) is 0 Å². The first-order valence-corrected chi connectivity index (χ1v) is 7.81. The number of nitrogens with one attached hydrogen (secondary N) is 2. The van der Waals surface area contributed by atoms with Gasteiger partial charge in [-0.25, -0.2) is 4.79 Å². The fraction of sp³-hybridized carbons (Fsp3) is 0.211. The zero-order chi connectivity index (χ0) is 18.4. The van der Waals surface area contributed by atoms with E-state index in [0.29, 0.717) is 11.4 Å². The maximum Gasteiger partial charge on any atom is 0.338 e. The van der Waals surface area contributed by atoms with Gasteiger partial charge in [0.2, 0.25) is 5.91 Å². The minimum absolute atomic E-state index is 0.239. The molecule has 0 radical (unpaired) electrons. The molecule has 2 N–H and O–H groups in total. The molecule has 6 heteroatoms. The molecule has 0 bridgehead atoms. The van der Waals surface area contributed by atoms with E-state index < -0.39 is 18.0 Å². The minimum Gasteiger partial charge on any atom is -0.449 e. The summed E-state index contributed by atoms with van der Waals surface area (Å²) < 4.78 is 5.19. The summed E-state index contributed by atoms with van der Waals surface area (Å²) in [5, 5.41) is 5.28. The van der Waals surface area contributed by atoms with Crippen molar-refractivity contribution in [3.05, 3.63) is 59.7 Å². The second-order valence-corrected chi connectivity index (χ2v) is 5.66. The molecule has 2 aromatic rings. The number of amides is 2. The summed E-state index contributed by atoms with van der Waals surface area (Å²) in [6, 6.07) is 13.6. The number of anilines is 2. The maximum absolute atomic E-state index is 12.2. The Morgan fingerprint density at radius 3 is 2.28 bits per heavy atom. The van der Waals surface area contributed by atoms with Crippen LogP contribution in [0.4, 0.5) is 11.4 Å². The van der Waals surface area contributed by atoms with Crippen LogP contribution in [0.5, 0.6) is 0 Å². The van der Waals surface area contributed by atoms with Crippen molar-refractivity contribution >= 4 is 29.2 Å². The predicted octanol–water partition coefficient (Wildman–Crippen LogP) is 3.14. The number of hydrogen-bond donors (Lipinski definition) is 2. The lowest BCUT2D eigenvalue weighted by Gasteiger charge is -2.14. The maximum atomic E-state index is 12.2. The van der Waals surface area contributed by atoms with Crippen LogP contribution in [-0.2, 0) is 14.3 Å². The SMILES string of the molecule is CC(=O)Nc1cccc(C(=O)OC(C)C(=O)Nc2ccc(C)cc2)c1. The van der Waals surface area contributed by atoms with Crippen molar-refractivity contribution in [1.29, 1.82) is 0 Å². The number of carbonyl (C=O) groups is 3. The Bertz CT molecular complexity index is 784. The topological polar surface area (TPSA) is 84.5 Å². The van der Waals surface area contributed by atoms with Crippen molar-refractivity contribution in [2.24, 2.45) is 0 Å². The molecule has 1 unspecified atom stereocenters. The van der Waals surface area contributed by atoms with Crippen molar-refractivity contribution in [3.63, 3.8) is 0 Å². The van der Waals surface area contributed by atoms with E-state index in [1.165, 1.54) is 19.9 Å². The van der Waals surface area contributed by atoms with Crippen LogP contribution in [0.1, 0.15) is 29.8 Å². The van der Waals surface area contributed by atoms with Gasteiger partial charge in [0, 0.05) is 18.3 Å². The lowest BCUT2D eigenvalue weighted by Crippen LogP contribution is -2.30. The van der Waals surface area contributed by atoms with E-state index in [4.69, 9.17) is 4.74 Å². The van der Waals surface area contributed by atoms with Crippen molar-refractivity contribution < 1.29 is 19.1 Å². The highest BCUT2D eigenvalue weighted by Gasteiger charge is 2.19. The Hall–Kier alpha value is -3.15. The fourth-order valence-corrected chi connectivity index (χ4v) is 2.09. The molecule has 0 aliphatic heterocycles. The normalized spacial score (nSPS) is 11.3. The van der Waals surface area contributed by atoms with Crippen LogP contribution < -0.4 is 10.6 Å². The van der Waals surface area contributed by atoms with Crippen LogP contribution in [-0.4, -0.2) is 23.9 Å². The third-order valence-electron chi connectivity index (χ3n) is 3.39. The summed E-state index contributed by atoms with van der Waals surface area (Å²) in [5.41, 5.74) is 2.45. The Morgan fingerprint density at radius 1 is 0.960 bits per heavy atom. The van der Waals surface area contributed by atoms with Gasteiger partial charge in [-0.1, -0.05) is 23.8 Å². The summed E-state index contributed by atoms with van der Waals surface area (Å²) in [6.07, 6.45) is -0.960. The monoisotopic (exact) mass is 340 g/mol. The Kier molecular flexibility index (Phi) is 5.89. The largest absolute Gasteiger partial charge is 0.449 e. The Balaban J connectivity index is 1.98. The number of esters is 1. The van der Waals surface area contributed by atoms with Crippen molar-refractivity contribution in [2.75, 3.05) is 10.6 Å². The lowest BCUT2D eigenvalue weighted by molar-refractivity contribution is -0.123. The van der Waals surface area contributed by atoms with Crippen LogP contribution >= 0.6 is 0 Å². The number of hydrogen-bond acceptors (Lipinski definition) is 4. The average molecular weight is 340 g/mol. The summed E-state index contributed by atoms with van der Waals surface area (Å²) in [4.78, 5) is 35.4. The second-order valence-electron chi connectivity index (χ2n) is 5.66. The van der Waals surface area contributed by atoms with Crippen molar-refractivity contribution in [1.82, 2.24) is 0 Å². The highest BCUT2D eigenvalue weighted by atomic mass is 16.5. The molecule has 0 aliphatic rings. The molecule has 6 nitrogen and oxygen atoms in total. The second kappa shape index (κ2) is 8.10. The van der Waals surface area contributed by atoms with E-state index >= 15 is 0 Å². The van der Waals surface area contributed by atoms with E-state index in [9.17, 15) is 14.4 Å². The van der Waals surface area contributed by atoms with Gasteiger partial charge < -0.3 is 15.4 Å². The van der Waals surface area contributed by atoms with Gasteiger partial charge in [0.25, 0.3) is 5.91 Å². The molecule has 25 heavy (non-hydrogen) atoms. The van der Waals surface area contributed by atoms with E-state index in [1.807, 2.05) is 19.1 Å². The van der Waals surface area contributed by atoms with Crippen LogP contribution in [0.2, 0.25) is 0 Å². The molecule has 0 aromatic heterocycles. The van der Waals surface area contributed by atoms with Gasteiger partial charge in [-0.15, -0.1) is 0 Å². The number of rotatable bonds is 5. The molecule has 130 valence electrons. The van der Waals surface area contributed by atoms with Gasteiger partial charge in [0.15, 0.2) is 6.10 Å². The van der Waals surface area contributed by atoms with E-state index in [0.717, 1.165) is 5.56 Å². The van der Waals surface area contributed by atoms with Gasteiger partial charge >= 0.3 is 5.97 Å². The third-order valence-corrected chi connectivity index (χ3v) is 3.39. The van der Waals surface area contributed by atoms with Gasteiger partial charge in [-0.05, 0) is 44.2 Å². The van der Waals surface area contributed by atoms with E-state index in [-0.39, 0.29) is 11.5 Å². The third kappa shape index (κ3) is 5.46. The summed E-state index contributed by atoms with van der Waals surface area (Å²) in [7, 11) is 0. The summed E-state index contributed by atoms with van der Waals surface area (Å²) in [6.45, 7) is 4.83. The number of carbonyl (C=O) groups excluding carboxylic acids is 3. The van der Waals surface area contributed by atoms with Crippen LogP contribution in [0.15, 0.2) is 48.5 Å². The zero-order valence-electron chi connectivity index (χ0n) is 14.3. The van der Waals surface area contributed by atoms with Gasteiger partial charge in [-0.3, -0.25) is 9.59 Å². The molecule has 1 atom stereocenters. The lowest BCUT2D eigenvalue weighted by atomic mass is 10.2. The highest BCUT2D eigenvalue weighted by molar-refractivity contribution is 5.98. The molecule has 2 amide bonds. The summed E-state index contributed by atoms with van der Waals surface area (Å²) >= 11 is 0. The van der Waals surface area contributed by atoms with E-state index in [1.54, 1.807) is 30.3 Å². The molecule has 0 spiro atoms. The molecule has 2 rings (SSSR count). The minimum atomic E-state index is -0.960. The van der Waals surface area contributed by atoms with Gasteiger partial charge in [0.05, 0.1) is 5.56 Å². The van der Waals surface area contributed by atoms with Gasteiger partial charge in [-0.2, -0.15) is 0 Å². The molecule has 0 heterocycles. The first-order chi connectivity index (χ1) is 11.8. The molecule has 2 aromatic carbocycles. The number of benzene rings is 2. The van der Waals surface area contributed by atoms with Crippen LogP contribution in [0, 0.1) is 6.92 Å².